The number of piperazine rings is 1. The molecule has 0 radical (unpaired) electrons. The lowest BCUT2D eigenvalue weighted by atomic mass is 10.1. The zero-order chi connectivity index (χ0) is 15.7. The van der Waals surface area contributed by atoms with Crippen molar-refractivity contribution in [3.8, 4) is 0 Å². The number of carbonyl (C=O) groups is 2. The third-order valence-electron chi connectivity index (χ3n) is 4.23. The SMILES string of the molecule is CCn1nc(C(=O)N2CCNCC2C(=O)NC2CC2)cc1C. The van der Waals surface area contributed by atoms with Gasteiger partial charge in [-0.2, -0.15) is 5.10 Å². The summed E-state index contributed by atoms with van der Waals surface area (Å²) in [5.41, 5.74) is 1.38. The van der Waals surface area contributed by atoms with Gasteiger partial charge in [0.2, 0.25) is 5.91 Å². The van der Waals surface area contributed by atoms with Crippen LogP contribution in [0.15, 0.2) is 6.07 Å². The van der Waals surface area contributed by atoms with E-state index in [1.165, 1.54) is 0 Å². The van der Waals surface area contributed by atoms with E-state index < -0.39 is 6.04 Å². The van der Waals surface area contributed by atoms with Gasteiger partial charge in [-0.05, 0) is 32.8 Å². The van der Waals surface area contributed by atoms with Crippen LogP contribution in [0.4, 0.5) is 0 Å². The fourth-order valence-corrected chi connectivity index (χ4v) is 2.79. The van der Waals surface area contributed by atoms with E-state index in [0.29, 0.717) is 31.4 Å². The number of hydrogen-bond donors (Lipinski definition) is 2. The summed E-state index contributed by atoms with van der Waals surface area (Å²) in [6.07, 6.45) is 2.08. The quantitative estimate of drug-likeness (QED) is 0.814. The average Bonchev–Trinajstić information content (AvgIpc) is 3.26. The highest BCUT2D eigenvalue weighted by atomic mass is 16.2. The van der Waals surface area contributed by atoms with Crippen LogP contribution in [0.2, 0.25) is 0 Å². The first-order chi connectivity index (χ1) is 10.6. The molecule has 0 spiro atoms. The van der Waals surface area contributed by atoms with Crippen LogP contribution in [-0.2, 0) is 11.3 Å². The van der Waals surface area contributed by atoms with Gasteiger partial charge in [-0.3, -0.25) is 14.3 Å². The van der Waals surface area contributed by atoms with Crippen molar-refractivity contribution in [2.75, 3.05) is 19.6 Å². The van der Waals surface area contributed by atoms with Gasteiger partial charge in [-0.25, -0.2) is 0 Å². The molecule has 0 aromatic carbocycles. The van der Waals surface area contributed by atoms with Gasteiger partial charge in [0.15, 0.2) is 5.69 Å². The first-order valence-corrected chi connectivity index (χ1v) is 7.96. The predicted octanol–water partition coefficient (Wildman–Crippen LogP) is -0.0960. The lowest BCUT2D eigenvalue weighted by Gasteiger charge is -2.34. The fourth-order valence-electron chi connectivity index (χ4n) is 2.79. The molecule has 120 valence electrons. The summed E-state index contributed by atoms with van der Waals surface area (Å²) < 4.78 is 1.80. The zero-order valence-electron chi connectivity index (χ0n) is 13.1. The molecule has 22 heavy (non-hydrogen) atoms. The fraction of sp³-hybridized carbons (Fsp3) is 0.667. The van der Waals surface area contributed by atoms with Crippen molar-refractivity contribution in [3.63, 3.8) is 0 Å². The van der Waals surface area contributed by atoms with Crippen LogP contribution in [0, 0.1) is 6.92 Å². The molecular formula is C15H23N5O2. The molecule has 1 saturated heterocycles. The van der Waals surface area contributed by atoms with Crippen molar-refractivity contribution in [1.82, 2.24) is 25.3 Å². The Bertz CT molecular complexity index is 578. The largest absolute Gasteiger partial charge is 0.352 e. The maximum atomic E-state index is 12.7. The molecule has 1 atom stereocenters. The smallest absolute Gasteiger partial charge is 0.275 e. The van der Waals surface area contributed by atoms with E-state index in [-0.39, 0.29) is 11.8 Å². The van der Waals surface area contributed by atoms with Gasteiger partial charge < -0.3 is 15.5 Å². The molecule has 2 fully saturated rings. The summed E-state index contributed by atoms with van der Waals surface area (Å²) >= 11 is 0. The van der Waals surface area contributed by atoms with Crippen LogP contribution in [0.25, 0.3) is 0 Å². The molecule has 2 heterocycles. The van der Waals surface area contributed by atoms with E-state index >= 15 is 0 Å². The molecule has 1 aromatic rings. The van der Waals surface area contributed by atoms with E-state index in [1.54, 1.807) is 15.6 Å². The van der Waals surface area contributed by atoms with Crippen LogP contribution in [0.3, 0.4) is 0 Å². The molecule has 2 amide bonds. The summed E-state index contributed by atoms with van der Waals surface area (Å²) in [4.78, 5) is 26.7. The normalized spacial score (nSPS) is 21.7. The number of nitrogens with one attached hydrogen (secondary N) is 2. The first-order valence-electron chi connectivity index (χ1n) is 7.96. The summed E-state index contributed by atoms with van der Waals surface area (Å²) in [6, 6.07) is 1.64. The Kier molecular flexibility index (Phi) is 4.15. The van der Waals surface area contributed by atoms with Crippen molar-refractivity contribution in [2.24, 2.45) is 0 Å². The second kappa shape index (κ2) is 6.08. The standard InChI is InChI=1S/C15H23N5O2/c1-3-20-10(2)8-12(18-20)15(22)19-7-6-16-9-13(19)14(21)17-11-4-5-11/h8,11,13,16H,3-7,9H2,1-2H3,(H,17,21). The van der Waals surface area contributed by atoms with Crippen LogP contribution in [0.1, 0.15) is 35.9 Å². The molecule has 3 rings (SSSR count). The molecule has 1 saturated carbocycles. The number of carbonyl (C=O) groups excluding carboxylic acids is 2. The van der Waals surface area contributed by atoms with Gasteiger partial charge in [-0.1, -0.05) is 0 Å². The molecule has 7 heteroatoms. The van der Waals surface area contributed by atoms with E-state index in [0.717, 1.165) is 25.1 Å². The number of amides is 2. The van der Waals surface area contributed by atoms with Gasteiger partial charge >= 0.3 is 0 Å². The lowest BCUT2D eigenvalue weighted by Crippen LogP contribution is -2.59. The zero-order valence-corrected chi connectivity index (χ0v) is 13.1. The summed E-state index contributed by atoms with van der Waals surface area (Å²) in [5, 5.41) is 10.5. The van der Waals surface area contributed by atoms with Crippen LogP contribution < -0.4 is 10.6 Å². The third-order valence-corrected chi connectivity index (χ3v) is 4.23. The second-order valence-electron chi connectivity index (χ2n) is 5.99. The van der Waals surface area contributed by atoms with E-state index in [1.807, 2.05) is 13.8 Å². The molecule has 2 N–H and O–H groups in total. The van der Waals surface area contributed by atoms with E-state index in [2.05, 4.69) is 15.7 Å². The summed E-state index contributed by atoms with van der Waals surface area (Å²) in [7, 11) is 0. The first kappa shape index (κ1) is 15.0. The van der Waals surface area contributed by atoms with Crippen molar-refractivity contribution in [2.45, 2.75) is 45.3 Å². The lowest BCUT2D eigenvalue weighted by molar-refractivity contribution is -0.126. The van der Waals surface area contributed by atoms with Gasteiger partial charge in [0.25, 0.3) is 5.91 Å². The van der Waals surface area contributed by atoms with Gasteiger partial charge in [0.05, 0.1) is 0 Å². The van der Waals surface area contributed by atoms with Gasteiger partial charge in [0.1, 0.15) is 6.04 Å². The molecule has 1 unspecified atom stereocenters. The minimum atomic E-state index is -0.450. The van der Waals surface area contributed by atoms with Gasteiger partial charge in [-0.15, -0.1) is 0 Å². The molecule has 2 aliphatic rings. The highest BCUT2D eigenvalue weighted by Crippen LogP contribution is 2.20. The van der Waals surface area contributed by atoms with Crippen LogP contribution in [0.5, 0.6) is 0 Å². The Hall–Kier alpha value is -1.89. The second-order valence-corrected chi connectivity index (χ2v) is 5.99. The predicted molar refractivity (Wildman–Crippen MR) is 81.5 cm³/mol. The minimum Gasteiger partial charge on any atom is -0.352 e. The monoisotopic (exact) mass is 305 g/mol. The van der Waals surface area contributed by atoms with Crippen molar-refractivity contribution < 1.29 is 9.59 Å². The number of nitrogens with zero attached hydrogens (tertiary/aromatic N) is 3. The molecule has 0 bridgehead atoms. The number of rotatable bonds is 4. The van der Waals surface area contributed by atoms with Gasteiger partial charge in [0, 0.05) is 37.9 Å². The highest BCUT2D eigenvalue weighted by Gasteiger charge is 2.36. The Labute approximate surface area is 130 Å². The number of aryl methyl sites for hydroxylation is 2. The molecule has 7 nitrogen and oxygen atoms in total. The Balaban J connectivity index is 1.76. The molecule has 1 aliphatic heterocycles. The maximum Gasteiger partial charge on any atom is 0.275 e. The average molecular weight is 305 g/mol. The highest BCUT2D eigenvalue weighted by molar-refractivity contribution is 5.96. The number of aromatic nitrogens is 2. The summed E-state index contributed by atoms with van der Waals surface area (Å²) in [6.45, 7) is 6.38. The molecular weight excluding hydrogens is 282 g/mol. The molecule has 1 aromatic heterocycles. The Morgan fingerprint density at radius 3 is 2.86 bits per heavy atom. The Morgan fingerprint density at radius 1 is 1.45 bits per heavy atom. The van der Waals surface area contributed by atoms with Crippen molar-refractivity contribution in [1.29, 1.82) is 0 Å². The summed E-state index contributed by atoms with van der Waals surface area (Å²) in [5.74, 6) is -0.220. The maximum absolute atomic E-state index is 12.7. The van der Waals surface area contributed by atoms with E-state index in [9.17, 15) is 9.59 Å². The molecule has 1 aliphatic carbocycles. The van der Waals surface area contributed by atoms with Crippen molar-refractivity contribution in [3.05, 3.63) is 17.5 Å². The van der Waals surface area contributed by atoms with Crippen LogP contribution >= 0.6 is 0 Å². The third kappa shape index (κ3) is 2.99. The van der Waals surface area contributed by atoms with E-state index in [4.69, 9.17) is 0 Å². The Morgan fingerprint density at radius 2 is 2.23 bits per heavy atom. The van der Waals surface area contributed by atoms with Crippen LogP contribution in [-0.4, -0.2) is 58.2 Å². The van der Waals surface area contributed by atoms with Crippen molar-refractivity contribution >= 4 is 11.8 Å². The number of hydrogen-bond acceptors (Lipinski definition) is 4. The topological polar surface area (TPSA) is 79.3 Å². The minimum absolute atomic E-state index is 0.0605.